The lowest BCUT2D eigenvalue weighted by molar-refractivity contribution is -0.384. The molecule has 0 saturated heterocycles. The lowest BCUT2D eigenvalue weighted by Gasteiger charge is -2.07. The number of hydrogen-bond donors (Lipinski definition) is 2. The molecule has 7 nitrogen and oxygen atoms in total. The van der Waals surface area contributed by atoms with Gasteiger partial charge in [0, 0.05) is 22.2 Å². The molecule has 0 aliphatic heterocycles. The second kappa shape index (κ2) is 6.90. The van der Waals surface area contributed by atoms with E-state index in [1.807, 2.05) is 0 Å². The van der Waals surface area contributed by atoms with E-state index >= 15 is 0 Å². The third-order valence-electron chi connectivity index (χ3n) is 2.74. The molecule has 114 valence electrons. The minimum Gasteiger partial charge on any atom is -0.504 e. The Hall–Kier alpha value is -2.61. The van der Waals surface area contributed by atoms with Gasteiger partial charge < -0.3 is 9.84 Å². The van der Waals surface area contributed by atoms with Crippen molar-refractivity contribution in [1.29, 1.82) is 0 Å². The maximum atomic E-state index is 10.7. The van der Waals surface area contributed by atoms with E-state index in [-0.39, 0.29) is 11.4 Å². The number of nitro groups is 1. The smallest absolute Gasteiger partial charge is 0.271 e. The molecule has 8 heteroatoms. The fourth-order valence-corrected chi connectivity index (χ4v) is 2.17. The van der Waals surface area contributed by atoms with Gasteiger partial charge in [0.1, 0.15) is 0 Å². The van der Waals surface area contributed by atoms with E-state index < -0.39 is 4.92 Å². The van der Waals surface area contributed by atoms with E-state index in [1.165, 1.54) is 25.5 Å². The molecule has 0 heterocycles. The molecular weight excluding hydrogens is 354 g/mol. The van der Waals surface area contributed by atoms with Crippen LogP contribution in [-0.4, -0.2) is 23.4 Å². The summed E-state index contributed by atoms with van der Waals surface area (Å²) in [6.45, 7) is 0. The predicted octanol–water partition coefficient (Wildman–Crippen LogP) is 3.52. The van der Waals surface area contributed by atoms with E-state index in [1.54, 1.807) is 24.3 Å². The topological polar surface area (TPSA) is 97.0 Å². The van der Waals surface area contributed by atoms with Crippen LogP contribution in [0.3, 0.4) is 0 Å². The SMILES string of the molecule is COc1cc(Br)cc(C=NNc2cccc([N+](=O)[O-])c2)c1O. The summed E-state index contributed by atoms with van der Waals surface area (Å²) in [7, 11) is 1.45. The van der Waals surface area contributed by atoms with Gasteiger partial charge in [-0.3, -0.25) is 15.5 Å². The highest BCUT2D eigenvalue weighted by Crippen LogP contribution is 2.32. The quantitative estimate of drug-likeness (QED) is 0.480. The van der Waals surface area contributed by atoms with Crippen molar-refractivity contribution in [3.63, 3.8) is 0 Å². The maximum Gasteiger partial charge on any atom is 0.271 e. The second-order valence-electron chi connectivity index (χ2n) is 4.22. The Morgan fingerprint density at radius 3 is 2.86 bits per heavy atom. The minimum atomic E-state index is -0.486. The molecule has 0 amide bonds. The van der Waals surface area contributed by atoms with Crippen LogP contribution < -0.4 is 10.2 Å². The lowest BCUT2D eigenvalue weighted by atomic mass is 10.2. The van der Waals surface area contributed by atoms with Crippen LogP contribution in [0.1, 0.15) is 5.56 Å². The van der Waals surface area contributed by atoms with Crippen LogP contribution in [0.25, 0.3) is 0 Å². The molecule has 2 N–H and O–H groups in total. The minimum absolute atomic E-state index is 0.0350. The predicted molar refractivity (Wildman–Crippen MR) is 86.7 cm³/mol. The van der Waals surface area contributed by atoms with Gasteiger partial charge >= 0.3 is 0 Å². The first-order chi connectivity index (χ1) is 10.5. The highest BCUT2D eigenvalue weighted by Gasteiger charge is 2.08. The number of ether oxygens (including phenoxy) is 1. The number of nitrogens with zero attached hydrogens (tertiary/aromatic N) is 2. The zero-order valence-corrected chi connectivity index (χ0v) is 13.1. The van der Waals surface area contributed by atoms with E-state index in [0.29, 0.717) is 17.0 Å². The van der Waals surface area contributed by atoms with Crippen molar-refractivity contribution in [3.8, 4) is 11.5 Å². The number of methoxy groups -OCH3 is 1. The average Bonchev–Trinajstić information content (AvgIpc) is 2.50. The Labute approximate surface area is 134 Å². The lowest BCUT2D eigenvalue weighted by Crippen LogP contribution is -1.94. The summed E-state index contributed by atoms with van der Waals surface area (Å²) < 4.78 is 5.76. The van der Waals surface area contributed by atoms with Crippen molar-refractivity contribution in [2.45, 2.75) is 0 Å². The summed E-state index contributed by atoms with van der Waals surface area (Å²) in [6.07, 6.45) is 1.39. The molecule has 0 unspecified atom stereocenters. The molecule has 0 aromatic heterocycles. The van der Waals surface area contributed by atoms with Gasteiger partial charge in [-0.2, -0.15) is 5.10 Å². The summed E-state index contributed by atoms with van der Waals surface area (Å²) in [4.78, 5) is 10.2. The van der Waals surface area contributed by atoms with E-state index in [9.17, 15) is 15.2 Å². The van der Waals surface area contributed by atoms with E-state index in [2.05, 4.69) is 26.5 Å². The molecule has 2 rings (SSSR count). The van der Waals surface area contributed by atoms with Gasteiger partial charge in [0.2, 0.25) is 0 Å². The molecule has 0 saturated carbocycles. The monoisotopic (exact) mass is 365 g/mol. The van der Waals surface area contributed by atoms with E-state index in [4.69, 9.17) is 4.74 Å². The summed E-state index contributed by atoms with van der Waals surface area (Å²) in [5.74, 6) is 0.265. The van der Waals surface area contributed by atoms with Crippen LogP contribution in [0.15, 0.2) is 46.0 Å². The molecule has 0 spiro atoms. The van der Waals surface area contributed by atoms with E-state index in [0.717, 1.165) is 4.47 Å². The Morgan fingerprint density at radius 1 is 1.41 bits per heavy atom. The zero-order valence-electron chi connectivity index (χ0n) is 11.5. The average molecular weight is 366 g/mol. The number of aromatic hydroxyl groups is 1. The molecule has 0 radical (unpaired) electrons. The fraction of sp³-hybridized carbons (Fsp3) is 0.0714. The number of nitrogens with one attached hydrogen (secondary N) is 1. The number of phenols is 1. The van der Waals surface area contributed by atoms with Crippen LogP contribution in [0, 0.1) is 10.1 Å². The van der Waals surface area contributed by atoms with Crippen molar-refractivity contribution in [2.75, 3.05) is 12.5 Å². The number of non-ortho nitro benzene ring substituents is 1. The molecule has 0 atom stereocenters. The summed E-state index contributed by atoms with van der Waals surface area (Å²) >= 11 is 3.30. The highest BCUT2D eigenvalue weighted by atomic mass is 79.9. The first kappa shape index (κ1) is 15.8. The number of halogens is 1. The molecule has 22 heavy (non-hydrogen) atoms. The summed E-state index contributed by atoms with van der Waals surface area (Å²) in [6, 6.07) is 9.23. The number of rotatable bonds is 5. The Bertz CT molecular complexity index is 734. The van der Waals surface area contributed by atoms with Crippen molar-refractivity contribution in [2.24, 2.45) is 5.10 Å². The zero-order chi connectivity index (χ0) is 16.1. The van der Waals surface area contributed by atoms with Gasteiger partial charge in [-0.15, -0.1) is 0 Å². The number of nitro benzene ring substituents is 1. The van der Waals surface area contributed by atoms with Crippen LogP contribution in [0.4, 0.5) is 11.4 Å². The van der Waals surface area contributed by atoms with Crippen molar-refractivity contribution < 1.29 is 14.8 Å². The van der Waals surface area contributed by atoms with Gasteiger partial charge in [0.05, 0.1) is 23.9 Å². The normalized spacial score (nSPS) is 10.6. The van der Waals surface area contributed by atoms with Crippen LogP contribution >= 0.6 is 15.9 Å². The third kappa shape index (κ3) is 3.73. The second-order valence-corrected chi connectivity index (χ2v) is 5.14. The molecule has 0 aliphatic carbocycles. The number of hydrazone groups is 1. The van der Waals surface area contributed by atoms with Gasteiger partial charge in [-0.25, -0.2) is 0 Å². The number of benzene rings is 2. The molecule has 0 fully saturated rings. The molecule has 2 aromatic rings. The first-order valence-corrected chi connectivity index (χ1v) is 6.90. The van der Waals surface area contributed by atoms with Crippen LogP contribution in [-0.2, 0) is 0 Å². The number of anilines is 1. The molecule has 0 aliphatic rings. The van der Waals surface area contributed by atoms with Gasteiger partial charge in [-0.1, -0.05) is 22.0 Å². The van der Waals surface area contributed by atoms with Crippen molar-refractivity contribution in [3.05, 3.63) is 56.5 Å². The maximum absolute atomic E-state index is 10.7. The highest BCUT2D eigenvalue weighted by molar-refractivity contribution is 9.10. The van der Waals surface area contributed by atoms with Gasteiger partial charge in [-0.05, 0) is 18.2 Å². The number of phenolic OH excluding ortho intramolecular Hbond substituents is 1. The molecule has 0 bridgehead atoms. The van der Waals surface area contributed by atoms with Crippen molar-refractivity contribution in [1.82, 2.24) is 0 Å². The van der Waals surface area contributed by atoms with Crippen LogP contribution in [0.5, 0.6) is 11.5 Å². The molecular formula is C14H12BrN3O4. The standard InChI is InChI=1S/C14H12BrN3O4/c1-22-13-6-10(15)5-9(14(13)19)8-16-17-11-3-2-4-12(7-11)18(20)21/h2-8,17,19H,1H3. The summed E-state index contributed by atoms with van der Waals surface area (Å²) in [5, 5.41) is 24.6. The Kier molecular flexibility index (Phi) is 4.95. The molecule has 2 aromatic carbocycles. The number of hydrogen-bond acceptors (Lipinski definition) is 6. The largest absolute Gasteiger partial charge is 0.504 e. The van der Waals surface area contributed by atoms with Crippen LogP contribution in [0.2, 0.25) is 0 Å². The first-order valence-electron chi connectivity index (χ1n) is 6.11. The van der Waals surface area contributed by atoms with Gasteiger partial charge in [0.15, 0.2) is 11.5 Å². The van der Waals surface area contributed by atoms with Crippen molar-refractivity contribution >= 4 is 33.5 Å². The van der Waals surface area contributed by atoms with Gasteiger partial charge in [0.25, 0.3) is 5.69 Å². The fourth-order valence-electron chi connectivity index (χ4n) is 1.71. The third-order valence-corrected chi connectivity index (χ3v) is 3.20. The summed E-state index contributed by atoms with van der Waals surface area (Å²) in [5.41, 5.74) is 3.53. The Morgan fingerprint density at radius 2 is 2.18 bits per heavy atom. The Balaban J connectivity index is 2.18.